The summed E-state index contributed by atoms with van der Waals surface area (Å²) in [6.07, 6.45) is -1.92. The summed E-state index contributed by atoms with van der Waals surface area (Å²) in [5, 5.41) is 7.51. The van der Waals surface area contributed by atoms with Crippen molar-refractivity contribution in [3.63, 3.8) is 0 Å². The van der Waals surface area contributed by atoms with Crippen molar-refractivity contribution >= 4 is 12.2 Å². The minimum absolute atomic E-state index is 0.0859. The first kappa shape index (κ1) is 22.7. The van der Waals surface area contributed by atoms with Crippen LogP contribution in [0.5, 0.6) is 5.75 Å². The number of carbonyl (C=O) groups excluding carboxylic acids is 1. The summed E-state index contributed by atoms with van der Waals surface area (Å²) in [5.41, 5.74) is 0.828. The first-order chi connectivity index (χ1) is 16.4. The number of hydrogen-bond donors (Lipinski definition) is 0. The zero-order chi connectivity index (χ0) is 23.7. The molecule has 10 heteroatoms. The lowest BCUT2D eigenvalue weighted by atomic mass is 10.1. The molecule has 3 heterocycles. The molecule has 0 spiro atoms. The Hall–Kier alpha value is -3.11. The summed E-state index contributed by atoms with van der Waals surface area (Å²) in [6.45, 7) is 3.82. The Morgan fingerprint density at radius 2 is 1.74 bits per heavy atom. The Kier molecular flexibility index (Phi) is 6.18. The predicted octanol–water partition coefficient (Wildman–Crippen LogP) is 3.85. The molecule has 2 fully saturated rings. The molecule has 34 heavy (non-hydrogen) atoms. The first-order valence-electron chi connectivity index (χ1n) is 11.3. The molecule has 2 atom stereocenters. The van der Waals surface area contributed by atoms with Gasteiger partial charge in [-0.15, -0.1) is 5.10 Å². The average Bonchev–Trinajstić information content (AvgIpc) is 3.47. The summed E-state index contributed by atoms with van der Waals surface area (Å²) in [4.78, 5) is 14.0. The number of ether oxygens (including phenoxy) is 2. The average molecular weight is 474 g/mol. The van der Waals surface area contributed by atoms with Crippen LogP contribution in [0.15, 0.2) is 53.6 Å². The number of aldehydes is 1. The maximum Gasteiger partial charge on any atom is 0.416 e. The van der Waals surface area contributed by atoms with Crippen LogP contribution in [0, 0.1) is 0 Å². The summed E-state index contributed by atoms with van der Waals surface area (Å²) < 4.78 is 50.2. The molecule has 0 N–H and O–H groups in total. The summed E-state index contributed by atoms with van der Waals surface area (Å²) >= 11 is 0. The molecule has 0 radical (unpaired) electrons. The SMILES string of the molecule is O=CC1OC(c2ccc(C(F)(F)F)cc2)=NN1N1CCC1Oc1ccc(CN2CCCC2)cc1. The van der Waals surface area contributed by atoms with E-state index in [2.05, 4.69) is 22.1 Å². The quantitative estimate of drug-likeness (QED) is 0.569. The number of nitrogens with zero attached hydrogens (tertiary/aromatic N) is 4. The summed E-state index contributed by atoms with van der Waals surface area (Å²) in [5.74, 6) is 0.803. The number of hydrogen-bond acceptors (Lipinski definition) is 7. The summed E-state index contributed by atoms with van der Waals surface area (Å²) in [6, 6.07) is 12.5. The van der Waals surface area contributed by atoms with E-state index in [1.807, 2.05) is 12.1 Å². The number of halogens is 3. The zero-order valence-corrected chi connectivity index (χ0v) is 18.4. The van der Waals surface area contributed by atoms with E-state index in [1.54, 1.807) is 5.01 Å². The maximum absolute atomic E-state index is 12.8. The van der Waals surface area contributed by atoms with Gasteiger partial charge in [-0.2, -0.15) is 23.3 Å². The zero-order valence-electron chi connectivity index (χ0n) is 18.4. The van der Waals surface area contributed by atoms with Gasteiger partial charge >= 0.3 is 6.18 Å². The lowest BCUT2D eigenvalue weighted by Gasteiger charge is -2.44. The third kappa shape index (κ3) is 4.74. The van der Waals surface area contributed by atoms with E-state index in [1.165, 1.54) is 35.7 Å². The van der Waals surface area contributed by atoms with Crippen molar-refractivity contribution in [1.82, 2.24) is 15.0 Å². The van der Waals surface area contributed by atoms with Crippen LogP contribution in [0.25, 0.3) is 0 Å². The molecule has 0 saturated carbocycles. The minimum Gasteiger partial charge on any atom is -0.473 e. The van der Waals surface area contributed by atoms with Gasteiger partial charge in [0.2, 0.25) is 5.90 Å². The molecule has 0 aliphatic carbocycles. The first-order valence-corrected chi connectivity index (χ1v) is 11.3. The Balaban J connectivity index is 1.24. The van der Waals surface area contributed by atoms with Gasteiger partial charge in [0.25, 0.3) is 6.23 Å². The van der Waals surface area contributed by atoms with Crippen molar-refractivity contribution < 1.29 is 27.4 Å². The maximum atomic E-state index is 12.8. The third-order valence-electron chi connectivity index (χ3n) is 6.23. The highest BCUT2D eigenvalue weighted by atomic mass is 19.4. The van der Waals surface area contributed by atoms with E-state index in [9.17, 15) is 18.0 Å². The Morgan fingerprint density at radius 3 is 2.32 bits per heavy atom. The highest BCUT2D eigenvalue weighted by molar-refractivity contribution is 5.95. The van der Waals surface area contributed by atoms with Gasteiger partial charge in [-0.1, -0.05) is 12.1 Å². The number of rotatable bonds is 7. The van der Waals surface area contributed by atoms with Gasteiger partial charge in [-0.05, 0) is 67.9 Å². The van der Waals surface area contributed by atoms with Crippen LogP contribution >= 0.6 is 0 Å². The Bertz CT molecular complexity index is 1040. The smallest absolute Gasteiger partial charge is 0.416 e. The fourth-order valence-electron chi connectivity index (χ4n) is 4.28. The molecule has 7 nitrogen and oxygen atoms in total. The van der Waals surface area contributed by atoms with Crippen molar-refractivity contribution in [2.24, 2.45) is 5.10 Å². The minimum atomic E-state index is -4.43. The van der Waals surface area contributed by atoms with E-state index in [4.69, 9.17) is 9.47 Å². The van der Waals surface area contributed by atoms with Crippen LogP contribution in [0.2, 0.25) is 0 Å². The molecular weight excluding hydrogens is 449 g/mol. The molecule has 0 bridgehead atoms. The fourth-order valence-corrected chi connectivity index (χ4v) is 4.28. The molecule has 3 aliphatic heterocycles. The van der Waals surface area contributed by atoms with Crippen molar-refractivity contribution in [2.75, 3.05) is 19.6 Å². The van der Waals surface area contributed by atoms with Crippen LogP contribution in [0.1, 0.15) is 36.0 Å². The van der Waals surface area contributed by atoms with Crippen LogP contribution in [-0.2, 0) is 22.3 Å². The number of alkyl halides is 3. The van der Waals surface area contributed by atoms with Gasteiger partial charge in [-0.3, -0.25) is 9.69 Å². The number of likely N-dealkylation sites (tertiary alicyclic amines) is 1. The van der Waals surface area contributed by atoms with Crippen LogP contribution in [0.3, 0.4) is 0 Å². The molecule has 3 aliphatic rings. The molecule has 2 aromatic carbocycles. The third-order valence-corrected chi connectivity index (χ3v) is 6.23. The molecule has 2 saturated heterocycles. The second kappa shape index (κ2) is 9.27. The number of benzene rings is 2. The highest BCUT2D eigenvalue weighted by Crippen LogP contribution is 2.31. The van der Waals surface area contributed by atoms with Gasteiger partial charge in [0.1, 0.15) is 5.75 Å². The monoisotopic (exact) mass is 474 g/mol. The Labute approximate surface area is 195 Å². The molecular formula is C24H25F3N4O3. The standard InChI is InChI=1S/C24H25F3N4O3/c25-24(26,27)19-7-5-18(6-8-19)23-28-31(22(16-32)34-23)30-14-11-21(30)33-20-9-3-17(4-10-20)15-29-12-1-2-13-29/h3-10,16,21-22H,1-2,11-15H2. The normalized spacial score (nSPS) is 23.4. The number of hydrazine groups is 1. The molecule has 2 unspecified atom stereocenters. The second-order valence-electron chi connectivity index (χ2n) is 8.60. The molecule has 0 amide bonds. The topological polar surface area (TPSA) is 57.6 Å². The largest absolute Gasteiger partial charge is 0.473 e. The van der Waals surface area contributed by atoms with Gasteiger partial charge in [0.05, 0.1) is 5.56 Å². The molecule has 0 aromatic heterocycles. The van der Waals surface area contributed by atoms with Crippen LogP contribution in [0.4, 0.5) is 13.2 Å². The second-order valence-corrected chi connectivity index (χ2v) is 8.60. The predicted molar refractivity (Wildman–Crippen MR) is 117 cm³/mol. The summed E-state index contributed by atoms with van der Waals surface area (Å²) in [7, 11) is 0. The van der Waals surface area contributed by atoms with Crippen LogP contribution < -0.4 is 4.74 Å². The van der Waals surface area contributed by atoms with Crippen molar-refractivity contribution in [3.05, 3.63) is 65.2 Å². The lowest BCUT2D eigenvalue weighted by Crippen LogP contribution is -2.60. The van der Waals surface area contributed by atoms with Gasteiger partial charge in [0.15, 0.2) is 12.5 Å². The van der Waals surface area contributed by atoms with E-state index in [-0.39, 0.29) is 12.1 Å². The van der Waals surface area contributed by atoms with E-state index in [0.717, 1.165) is 43.9 Å². The van der Waals surface area contributed by atoms with Crippen molar-refractivity contribution in [1.29, 1.82) is 0 Å². The van der Waals surface area contributed by atoms with Gasteiger partial charge in [-0.25, -0.2) is 0 Å². The molecule has 5 rings (SSSR count). The van der Waals surface area contributed by atoms with Gasteiger partial charge < -0.3 is 9.47 Å². The molecule has 2 aromatic rings. The van der Waals surface area contributed by atoms with Crippen molar-refractivity contribution in [3.8, 4) is 5.75 Å². The number of hydrazone groups is 1. The van der Waals surface area contributed by atoms with Gasteiger partial charge in [0, 0.05) is 25.1 Å². The van der Waals surface area contributed by atoms with E-state index < -0.39 is 18.0 Å². The fraction of sp³-hybridized carbons (Fsp3) is 0.417. The highest BCUT2D eigenvalue weighted by Gasteiger charge is 2.42. The Morgan fingerprint density at radius 1 is 1.03 bits per heavy atom. The van der Waals surface area contributed by atoms with E-state index >= 15 is 0 Å². The lowest BCUT2D eigenvalue weighted by molar-refractivity contribution is -0.218. The van der Waals surface area contributed by atoms with E-state index in [0.29, 0.717) is 18.4 Å². The number of carbonyl (C=O) groups is 1. The molecule has 180 valence electrons. The van der Waals surface area contributed by atoms with Crippen molar-refractivity contribution in [2.45, 2.75) is 44.4 Å². The van der Waals surface area contributed by atoms with Crippen LogP contribution in [-0.4, -0.2) is 59.3 Å².